The number of nitrogens with zero attached hydrogens (tertiary/aromatic N) is 2. The van der Waals surface area contributed by atoms with Crippen LogP contribution in [0.5, 0.6) is 0 Å². The first-order chi connectivity index (χ1) is 20.0. The first-order valence-electron chi connectivity index (χ1n) is 15.9. The molecule has 232 valence electrons. The smallest absolute Gasteiger partial charge is 0.0684 e. The van der Waals surface area contributed by atoms with Crippen LogP contribution in [-0.2, 0) is 23.4 Å². The summed E-state index contributed by atoms with van der Waals surface area (Å²) in [6, 6.07) is 13.4. The first-order valence-corrected chi connectivity index (χ1v) is 15.9. The summed E-state index contributed by atoms with van der Waals surface area (Å²) in [5.74, 6) is 0. The Morgan fingerprint density at radius 2 is 1.74 bits per heavy atom. The van der Waals surface area contributed by atoms with Gasteiger partial charge in [-0.2, -0.15) is 0 Å². The van der Waals surface area contributed by atoms with Crippen molar-refractivity contribution in [2.24, 2.45) is 5.73 Å². The largest absolute Gasteiger partial charge is 0.401 e. The van der Waals surface area contributed by atoms with Crippen LogP contribution in [0.2, 0.25) is 0 Å². The van der Waals surface area contributed by atoms with Gasteiger partial charge in [-0.25, -0.2) is 0 Å². The highest BCUT2D eigenvalue weighted by atomic mass is 16.5. The molecule has 5 nitrogen and oxygen atoms in total. The lowest BCUT2D eigenvalue weighted by Crippen LogP contribution is -2.53. The molecule has 0 aliphatic carbocycles. The van der Waals surface area contributed by atoms with Gasteiger partial charge in [-0.3, -0.25) is 4.90 Å². The van der Waals surface area contributed by atoms with Gasteiger partial charge in [0.2, 0.25) is 0 Å². The summed E-state index contributed by atoms with van der Waals surface area (Å²) in [5.41, 5.74) is 15.3. The molecule has 0 radical (unpaired) electrons. The van der Waals surface area contributed by atoms with Crippen molar-refractivity contribution in [2.75, 3.05) is 18.4 Å². The number of nitrogens with one attached hydrogen (secondary N) is 1. The standard InChI is InChI=1S/C33H46N4O.2C2H6/c1-9-27-11-10-12-31(30(27)21-37-23(3)13-16-32(37)26(6)34)35-18-28-14-15-29(17-22(28)2)33(7,8)36-19-24(4)38-25(5)20-36;2*1-2/h9-12,14-15,17,24-25,32,35H,1,3,6,13,16,18-21,34H2,2,4-5,7-8H3;2*1-2H3. The van der Waals surface area contributed by atoms with E-state index in [9.17, 15) is 0 Å². The molecule has 3 N–H and O–H groups in total. The van der Waals surface area contributed by atoms with Crippen molar-refractivity contribution in [2.45, 2.75) is 112 Å². The van der Waals surface area contributed by atoms with Crippen LogP contribution >= 0.6 is 0 Å². The molecule has 0 saturated carbocycles. The van der Waals surface area contributed by atoms with Gasteiger partial charge in [-0.05, 0) is 75.8 Å². The minimum atomic E-state index is -0.0594. The maximum Gasteiger partial charge on any atom is 0.0684 e. The summed E-state index contributed by atoms with van der Waals surface area (Å²) in [5, 5.41) is 3.73. The molecular formula is C37H58N4O. The number of hydrogen-bond donors (Lipinski definition) is 2. The predicted octanol–water partition coefficient (Wildman–Crippen LogP) is 8.60. The summed E-state index contributed by atoms with van der Waals surface area (Å²) in [7, 11) is 0. The van der Waals surface area contributed by atoms with Crippen molar-refractivity contribution < 1.29 is 4.74 Å². The molecule has 0 bridgehead atoms. The van der Waals surface area contributed by atoms with E-state index in [2.05, 4.69) is 106 Å². The molecule has 5 heteroatoms. The number of nitrogens with two attached hydrogens (primary N) is 1. The van der Waals surface area contributed by atoms with Crippen molar-refractivity contribution in [3.63, 3.8) is 0 Å². The number of ether oxygens (including phenoxy) is 1. The van der Waals surface area contributed by atoms with Crippen LogP contribution in [0.4, 0.5) is 5.69 Å². The van der Waals surface area contributed by atoms with Gasteiger partial charge in [0, 0.05) is 54.4 Å². The molecule has 2 aromatic carbocycles. The Balaban J connectivity index is 0.00000148. The summed E-state index contributed by atoms with van der Waals surface area (Å²) >= 11 is 0. The summed E-state index contributed by atoms with van der Waals surface area (Å²) in [6.45, 7) is 35.0. The molecule has 4 rings (SSSR count). The maximum atomic E-state index is 6.15. The Kier molecular flexibility index (Phi) is 13.4. The summed E-state index contributed by atoms with van der Waals surface area (Å²) in [4.78, 5) is 4.85. The van der Waals surface area contributed by atoms with E-state index in [0.29, 0.717) is 5.70 Å². The zero-order chi connectivity index (χ0) is 31.6. The van der Waals surface area contributed by atoms with Crippen LogP contribution in [0.25, 0.3) is 6.08 Å². The lowest BCUT2D eigenvalue weighted by atomic mass is 9.88. The molecule has 2 fully saturated rings. The van der Waals surface area contributed by atoms with Gasteiger partial charge in [0.1, 0.15) is 0 Å². The number of anilines is 1. The Morgan fingerprint density at radius 1 is 1.10 bits per heavy atom. The molecule has 2 heterocycles. The average molecular weight is 575 g/mol. The summed E-state index contributed by atoms with van der Waals surface area (Å²) < 4.78 is 5.98. The van der Waals surface area contributed by atoms with E-state index >= 15 is 0 Å². The quantitative estimate of drug-likeness (QED) is 0.314. The highest BCUT2D eigenvalue weighted by Crippen LogP contribution is 2.35. The second kappa shape index (κ2) is 16.0. The third-order valence-corrected chi connectivity index (χ3v) is 8.41. The van der Waals surface area contributed by atoms with Gasteiger partial charge in [-0.1, -0.05) is 83.8 Å². The Morgan fingerprint density at radius 3 is 2.31 bits per heavy atom. The molecule has 2 aliphatic rings. The highest BCUT2D eigenvalue weighted by Gasteiger charge is 2.34. The van der Waals surface area contributed by atoms with Crippen LogP contribution in [-0.4, -0.2) is 41.1 Å². The molecule has 2 aliphatic heterocycles. The number of likely N-dealkylation sites (tertiary alicyclic amines) is 1. The Labute approximate surface area is 257 Å². The maximum absolute atomic E-state index is 6.15. The lowest BCUT2D eigenvalue weighted by Gasteiger charge is -2.45. The van der Waals surface area contributed by atoms with E-state index in [1.807, 2.05) is 33.8 Å². The number of hydrogen-bond acceptors (Lipinski definition) is 5. The Bertz CT molecular complexity index is 1190. The number of morpholine rings is 1. The van der Waals surface area contributed by atoms with Gasteiger partial charge < -0.3 is 20.7 Å². The van der Waals surface area contributed by atoms with E-state index < -0.39 is 0 Å². The van der Waals surface area contributed by atoms with Crippen molar-refractivity contribution in [1.29, 1.82) is 0 Å². The van der Waals surface area contributed by atoms with Gasteiger partial charge in [-0.15, -0.1) is 0 Å². The van der Waals surface area contributed by atoms with Gasteiger partial charge in [0.15, 0.2) is 0 Å². The minimum Gasteiger partial charge on any atom is -0.401 e. The number of aryl methyl sites for hydroxylation is 1. The van der Waals surface area contributed by atoms with Crippen molar-refractivity contribution >= 4 is 11.8 Å². The monoisotopic (exact) mass is 574 g/mol. The van der Waals surface area contributed by atoms with Crippen molar-refractivity contribution in [3.05, 3.63) is 95.3 Å². The number of benzene rings is 2. The minimum absolute atomic E-state index is 0.0594. The molecule has 3 unspecified atom stereocenters. The fourth-order valence-corrected chi connectivity index (χ4v) is 6.02. The van der Waals surface area contributed by atoms with Crippen molar-refractivity contribution in [1.82, 2.24) is 9.80 Å². The lowest BCUT2D eigenvalue weighted by molar-refractivity contribution is -0.0973. The molecule has 0 aromatic heterocycles. The molecule has 0 amide bonds. The fourth-order valence-electron chi connectivity index (χ4n) is 6.02. The Hall–Kier alpha value is -3.02. The molecule has 2 aromatic rings. The van der Waals surface area contributed by atoms with Crippen LogP contribution < -0.4 is 11.1 Å². The SMILES string of the molecule is C=Cc1cccc(NCc2ccc(C(C)(C)N3CC(C)OC(C)C3)cc2C)c1CN1C(=C)CCC1C(=C)N.CC.CC. The van der Waals surface area contributed by atoms with Gasteiger partial charge in [0.25, 0.3) is 0 Å². The topological polar surface area (TPSA) is 53.8 Å². The van der Waals surface area contributed by atoms with E-state index in [0.717, 1.165) is 56.0 Å². The third-order valence-electron chi connectivity index (χ3n) is 8.41. The molecule has 42 heavy (non-hydrogen) atoms. The van der Waals surface area contributed by atoms with Crippen LogP contribution in [0.15, 0.2) is 67.5 Å². The second-order valence-corrected chi connectivity index (χ2v) is 11.6. The zero-order valence-corrected chi connectivity index (χ0v) is 28.0. The van der Waals surface area contributed by atoms with E-state index in [-0.39, 0.29) is 23.8 Å². The van der Waals surface area contributed by atoms with Crippen molar-refractivity contribution in [3.8, 4) is 0 Å². The normalized spacial score (nSPS) is 20.6. The summed E-state index contributed by atoms with van der Waals surface area (Å²) in [6.07, 6.45) is 4.35. The number of allylic oxidation sites excluding steroid dienone is 1. The van der Waals surface area contributed by atoms with E-state index in [1.54, 1.807) is 0 Å². The molecule has 3 atom stereocenters. The second-order valence-electron chi connectivity index (χ2n) is 11.6. The molecule has 2 saturated heterocycles. The number of rotatable bonds is 9. The van der Waals surface area contributed by atoms with E-state index in [1.165, 1.54) is 22.3 Å². The van der Waals surface area contributed by atoms with Gasteiger partial charge >= 0.3 is 0 Å². The fraction of sp³-hybridized carbons (Fsp3) is 0.514. The van der Waals surface area contributed by atoms with Crippen LogP contribution in [0.1, 0.15) is 96.0 Å². The van der Waals surface area contributed by atoms with Crippen LogP contribution in [0, 0.1) is 6.92 Å². The van der Waals surface area contributed by atoms with E-state index in [4.69, 9.17) is 10.5 Å². The first kappa shape index (κ1) is 35.2. The highest BCUT2D eigenvalue weighted by molar-refractivity contribution is 5.64. The van der Waals surface area contributed by atoms with Crippen LogP contribution in [0.3, 0.4) is 0 Å². The van der Waals surface area contributed by atoms with Gasteiger partial charge in [0.05, 0.1) is 18.2 Å². The third kappa shape index (κ3) is 8.29. The predicted molar refractivity (Wildman–Crippen MR) is 183 cm³/mol. The zero-order valence-electron chi connectivity index (χ0n) is 28.0. The molecule has 0 spiro atoms. The molecular weight excluding hydrogens is 516 g/mol. The average Bonchev–Trinajstić information content (AvgIpc) is 3.34.